The van der Waals surface area contributed by atoms with E-state index >= 15 is 0 Å². The minimum Gasteiger partial charge on any atom is -0.444 e. The highest BCUT2D eigenvalue weighted by molar-refractivity contribution is 9.10. The summed E-state index contributed by atoms with van der Waals surface area (Å²) in [5.41, 5.74) is 1.09. The van der Waals surface area contributed by atoms with Gasteiger partial charge in [0.2, 0.25) is 5.89 Å². The molecule has 20 heavy (non-hydrogen) atoms. The summed E-state index contributed by atoms with van der Waals surface area (Å²) in [6.45, 7) is 4.80. The van der Waals surface area contributed by atoms with E-state index in [1.807, 2.05) is 36.2 Å². The predicted octanol–water partition coefficient (Wildman–Crippen LogP) is 3.31. The average Bonchev–Trinajstić information content (AvgIpc) is 2.75. The minimum absolute atomic E-state index is 0.577. The van der Waals surface area contributed by atoms with Crippen LogP contribution in [0.5, 0.6) is 0 Å². The van der Waals surface area contributed by atoms with Gasteiger partial charge in [-0.25, -0.2) is 4.98 Å². The van der Waals surface area contributed by atoms with Crippen molar-refractivity contribution in [1.29, 1.82) is 0 Å². The molecular weight excluding hydrogens is 320 g/mol. The zero-order chi connectivity index (χ0) is 14.8. The molecule has 0 fully saturated rings. The van der Waals surface area contributed by atoms with Crippen LogP contribution in [0, 0.1) is 0 Å². The van der Waals surface area contributed by atoms with E-state index in [1.165, 1.54) is 0 Å². The van der Waals surface area contributed by atoms with Gasteiger partial charge in [0.15, 0.2) is 0 Å². The summed E-state index contributed by atoms with van der Waals surface area (Å²) >= 11 is 3.40. The zero-order valence-electron chi connectivity index (χ0n) is 11.9. The standard InChI is InChI=1S/C15H19BrN2O2/c1-15(2,19)10-18(3)8-13-9-20-14(17-13)11-4-6-12(16)7-5-11/h4-7,9,19H,8,10H2,1-3H3. The molecular formula is C15H19BrN2O2. The fourth-order valence-electron chi connectivity index (χ4n) is 2.10. The molecule has 2 rings (SSSR count). The van der Waals surface area contributed by atoms with E-state index in [1.54, 1.807) is 20.1 Å². The Balaban J connectivity index is 2.04. The molecule has 1 aromatic heterocycles. The van der Waals surface area contributed by atoms with E-state index in [0.29, 0.717) is 19.0 Å². The fourth-order valence-corrected chi connectivity index (χ4v) is 2.36. The molecule has 1 aromatic carbocycles. The van der Waals surface area contributed by atoms with E-state index < -0.39 is 5.60 Å². The first-order valence-electron chi connectivity index (χ1n) is 6.45. The molecule has 0 unspecified atom stereocenters. The molecule has 1 heterocycles. The number of halogens is 1. The summed E-state index contributed by atoms with van der Waals surface area (Å²) in [4.78, 5) is 6.49. The molecule has 4 nitrogen and oxygen atoms in total. The molecule has 0 bridgehead atoms. The largest absolute Gasteiger partial charge is 0.444 e. The van der Waals surface area contributed by atoms with Crippen molar-refractivity contribution in [2.24, 2.45) is 0 Å². The maximum Gasteiger partial charge on any atom is 0.226 e. The summed E-state index contributed by atoms with van der Waals surface area (Å²) in [6.07, 6.45) is 1.66. The third kappa shape index (κ3) is 4.44. The van der Waals surface area contributed by atoms with Crippen molar-refractivity contribution in [3.8, 4) is 11.5 Å². The van der Waals surface area contributed by atoms with E-state index in [0.717, 1.165) is 15.7 Å². The van der Waals surface area contributed by atoms with E-state index in [9.17, 15) is 5.11 Å². The van der Waals surface area contributed by atoms with Crippen molar-refractivity contribution >= 4 is 15.9 Å². The average molecular weight is 339 g/mol. The van der Waals surface area contributed by atoms with Crippen LogP contribution in [0.3, 0.4) is 0 Å². The maximum absolute atomic E-state index is 9.79. The second-order valence-electron chi connectivity index (χ2n) is 5.64. The molecule has 2 aromatic rings. The van der Waals surface area contributed by atoms with Crippen LogP contribution in [-0.4, -0.2) is 34.2 Å². The summed E-state index contributed by atoms with van der Waals surface area (Å²) < 4.78 is 6.53. The number of aromatic nitrogens is 1. The Kier molecular flexibility index (Phi) is 4.62. The van der Waals surface area contributed by atoms with Crippen LogP contribution < -0.4 is 0 Å². The van der Waals surface area contributed by atoms with Crippen LogP contribution in [0.4, 0.5) is 0 Å². The Morgan fingerprint density at radius 2 is 1.95 bits per heavy atom. The van der Waals surface area contributed by atoms with Gasteiger partial charge in [-0.05, 0) is 45.2 Å². The molecule has 0 aliphatic heterocycles. The first kappa shape index (κ1) is 15.2. The normalized spacial score (nSPS) is 12.1. The highest BCUT2D eigenvalue weighted by atomic mass is 79.9. The van der Waals surface area contributed by atoms with Gasteiger partial charge >= 0.3 is 0 Å². The highest BCUT2D eigenvalue weighted by Crippen LogP contribution is 2.21. The molecule has 0 amide bonds. The van der Waals surface area contributed by atoms with Gasteiger partial charge in [0, 0.05) is 23.1 Å². The van der Waals surface area contributed by atoms with Gasteiger partial charge < -0.3 is 9.52 Å². The first-order chi connectivity index (χ1) is 9.33. The molecule has 0 atom stereocenters. The lowest BCUT2D eigenvalue weighted by molar-refractivity contribution is 0.0421. The smallest absolute Gasteiger partial charge is 0.226 e. The summed E-state index contributed by atoms with van der Waals surface area (Å²) in [5.74, 6) is 0.615. The maximum atomic E-state index is 9.79. The fraction of sp³-hybridized carbons (Fsp3) is 0.400. The highest BCUT2D eigenvalue weighted by Gasteiger charge is 2.17. The molecule has 0 saturated heterocycles. The van der Waals surface area contributed by atoms with Crippen molar-refractivity contribution in [3.05, 3.63) is 40.7 Å². The number of oxazole rings is 1. The Hall–Kier alpha value is -1.17. The first-order valence-corrected chi connectivity index (χ1v) is 7.24. The Morgan fingerprint density at radius 1 is 1.30 bits per heavy atom. The summed E-state index contributed by atoms with van der Waals surface area (Å²) in [5, 5.41) is 9.79. The quantitative estimate of drug-likeness (QED) is 0.908. The van der Waals surface area contributed by atoms with E-state index in [4.69, 9.17) is 4.42 Å². The van der Waals surface area contributed by atoms with Gasteiger partial charge in [0.1, 0.15) is 6.26 Å². The number of hydrogen-bond acceptors (Lipinski definition) is 4. The van der Waals surface area contributed by atoms with Crippen molar-refractivity contribution < 1.29 is 9.52 Å². The van der Waals surface area contributed by atoms with Gasteiger partial charge in [-0.3, -0.25) is 4.90 Å². The molecule has 108 valence electrons. The van der Waals surface area contributed by atoms with Gasteiger partial charge in [0.25, 0.3) is 0 Å². The second kappa shape index (κ2) is 6.08. The predicted molar refractivity (Wildman–Crippen MR) is 82.3 cm³/mol. The van der Waals surface area contributed by atoms with E-state index in [-0.39, 0.29) is 0 Å². The molecule has 0 aliphatic rings. The third-order valence-corrected chi connectivity index (χ3v) is 3.26. The number of rotatable bonds is 5. The Labute approximate surface area is 127 Å². The van der Waals surface area contributed by atoms with Crippen molar-refractivity contribution in [3.63, 3.8) is 0 Å². The molecule has 1 N–H and O–H groups in total. The van der Waals surface area contributed by atoms with Crippen molar-refractivity contribution in [1.82, 2.24) is 9.88 Å². The van der Waals surface area contributed by atoms with Crippen molar-refractivity contribution in [2.75, 3.05) is 13.6 Å². The topological polar surface area (TPSA) is 49.5 Å². The number of likely N-dealkylation sites (N-methyl/N-ethyl adjacent to an activating group) is 1. The Bertz CT molecular complexity index is 558. The van der Waals surface area contributed by atoms with Crippen LogP contribution in [0.2, 0.25) is 0 Å². The summed E-state index contributed by atoms with van der Waals surface area (Å²) in [6, 6.07) is 7.83. The molecule has 0 aliphatic carbocycles. The van der Waals surface area contributed by atoms with Crippen LogP contribution in [-0.2, 0) is 6.54 Å². The van der Waals surface area contributed by atoms with Gasteiger partial charge in [-0.2, -0.15) is 0 Å². The van der Waals surface area contributed by atoms with Crippen LogP contribution in [0.1, 0.15) is 19.5 Å². The van der Waals surface area contributed by atoms with Gasteiger partial charge in [0.05, 0.1) is 11.3 Å². The molecule has 0 saturated carbocycles. The third-order valence-electron chi connectivity index (χ3n) is 2.73. The van der Waals surface area contributed by atoms with Crippen molar-refractivity contribution in [2.45, 2.75) is 26.0 Å². The number of nitrogens with zero attached hydrogens (tertiary/aromatic N) is 2. The second-order valence-corrected chi connectivity index (χ2v) is 6.55. The molecule has 0 radical (unpaired) electrons. The minimum atomic E-state index is -0.715. The number of aliphatic hydroxyl groups is 1. The van der Waals surface area contributed by atoms with Gasteiger partial charge in [-0.15, -0.1) is 0 Å². The Morgan fingerprint density at radius 3 is 2.55 bits per heavy atom. The lowest BCUT2D eigenvalue weighted by Crippen LogP contribution is -2.35. The van der Waals surface area contributed by atoms with Crippen LogP contribution in [0.15, 0.2) is 39.4 Å². The summed E-state index contributed by atoms with van der Waals surface area (Å²) in [7, 11) is 1.95. The molecule has 5 heteroatoms. The number of benzene rings is 1. The van der Waals surface area contributed by atoms with Crippen LogP contribution >= 0.6 is 15.9 Å². The molecule has 0 spiro atoms. The van der Waals surface area contributed by atoms with Crippen LogP contribution in [0.25, 0.3) is 11.5 Å². The zero-order valence-corrected chi connectivity index (χ0v) is 13.5. The lowest BCUT2D eigenvalue weighted by Gasteiger charge is -2.24. The SMILES string of the molecule is CN(Cc1coc(-c2ccc(Br)cc2)n1)CC(C)(C)O. The van der Waals surface area contributed by atoms with Gasteiger partial charge in [-0.1, -0.05) is 15.9 Å². The van der Waals surface area contributed by atoms with E-state index in [2.05, 4.69) is 20.9 Å². The number of hydrogen-bond donors (Lipinski definition) is 1. The monoisotopic (exact) mass is 338 g/mol. The lowest BCUT2D eigenvalue weighted by atomic mass is 10.1.